The molecule has 0 spiro atoms. The first-order valence-electron chi connectivity index (χ1n) is 10.7. The van der Waals surface area contributed by atoms with Crippen LogP contribution in [0.15, 0.2) is 72.8 Å². The highest BCUT2D eigenvalue weighted by atomic mass is 16.6. The molecule has 8 nitrogen and oxygen atoms in total. The zero-order valence-electron chi connectivity index (χ0n) is 19.2. The van der Waals surface area contributed by atoms with Crippen LogP contribution in [-0.4, -0.2) is 52.5 Å². The van der Waals surface area contributed by atoms with E-state index < -0.39 is 23.3 Å². The topological polar surface area (TPSA) is 127 Å². The number of rotatable bonds is 10. The average Bonchev–Trinajstić information content (AvgIpc) is 2.85. The monoisotopic (exact) mass is 476 g/mol. The number of ketones is 2. The van der Waals surface area contributed by atoms with Crippen molar-refractivity contribution < 1.29 is 38.9 Å². The normalized spacial score (nSPS) is 10.9. The molecule has 35 heavy (non-hydrogen) atoms. The molecule has 0 radical (unpaired) electrons. The Bertz CT molecular complexity index is 1240. The minimum Gasteiger partial charge on any atom is -0.490 e. The lowest BCUT2D eigenvalue weighted by Gasteiger charge is -2.15. The molecule has 0 amide bonds. The number of carboxylic acid groups (broad SMARTS) is 1. The molecule has 0 saturated heterocycles. The summed E-state index contributed by atoms with van der Waals surface area (Å²) in [5, 5.41) is 18.9. The number of hydrogen-bond acceptors (Lipinski definition) is 7. The summed E-state index contributed by atoms with van der Waals surface area (Å²) in [4.78, 5) is 48.0. The Morgan fingerprint density at radius 3 is 1.91 bits per heavy atom. The zero-order valence-corrected chi connectivity index (χ0v) is 19.2. The summed E-state index contributed by atoms with van der Waals surface area (Å²) in [5.41, 5.74) is -0.318. The molecule has 3 rings (SSSR count). The lowest BCUT2D eigenvalue weighted by molar-refractivity contribution is 0.0449. The van der Waals surface area contributed by atoms with Crippen LogP contribution in [0.5, 0.6) is 5.75 Å². The minimum atomic E-state index is -1.46. The van der Waals surface area contributed by atoms with Crippen LogP contribution in [-0.2, 0) is 4.74 Å². The second-order valence-electron chi connectivity index (χ2n) is 8.19. The van der Waals surface area contributed by atoms with Crippen LogP contribution in [0, 0.1) is 0 Å². The molecule has 0 unspecified atom stereocenters. The van der Waals surface area contributed by atoms with E-state index in [1.807, 2.05) is 0 Å². The van der Waals surface area contributed by atoms with Gasteiger partial charge in [0.1, 0.15) is 24.6 Å². The predicted octanol–water partition coefficient (Wildman–Crippen LogP) is 3.81. The summed E-state index contributed by atoms with van der Waals surface area (Å²) in [6.07, 6.45) is 0. The van der Waals surface area contributed by atoms with Gasteiger partial charge in [-0.3, -0.25) is 9.59 Å². The van der Waals surface area contributed by atoms with Crippen molar-refractivity contribution in [3.63, 3.8) is 0 Å². The van der Waals surface area contributed by atoms with Crippen molar-refractivity contribution in [3.05, 3.63) is 101 Å². The molecule has 8 heteroatoms. The van der Waals surface area contributed by atoms with E-state index in [9.17, 15) is 24.3 Å². The number of aromatic carboxylic acids is 1. The molecule has 3 aromatic rings. The van der Waals surface area contributed by atoms with E-state index in [1.54, 1.807) is 24.3 Å². The van der Waals surface area contributed by atoms with Crippen LogP contribution < -0.4 is 4.74 Å². The fraction of sp³-hybridized carbons (Fsp3) is 0.185. The second kappa shape index (κ2) is 10.8. The molecule has 0 aliphatic rings. The van der Waals surface area contributed by atoms with Crippen molar-refractivity contribution in [2.75, 3.05) is 13.2 Å². The Morgan fingerprint density at radius 2 is 1.31 bits per heavy atom. The van der Waals surface area contributed by atoms with Crippen molar-refractivity contribution in [1.29, 1.82) is 0 Å². The highest BCUT2D eigenvalue weighted by molar-refractivity contribution is 6.10. The summed E-state index contributed by atoms with van der Waals surface area (Å²) >= 11 is 0. The first kappa shape index (κ1) is 25.3. The fourth-order valence-electron chi connectivity index (χ4n) is 3.15. The summed E-state index contributed by atoms with van der Waals surface area (Å²) in [5.74, 6) is -2.01. The Labute approximate surface area is 201 Å². The van der Waals surface area contributed by atoms with Crippen LogP contribution >= 0.6 is 0 Å². The van der Waals surface area contributed by atoms with Gasteiger partial charge in [-0.25, -0.2) is 9.59 Å². The molecule has 0 saturated carbocycles. The minimum absolute atomic E-state index is 0.0109. The Kier molecular flexibility index (Phi) is 7.78. The number of esters is 1. The lowest BCUT2D eigenvalue weighted by atomic mass is 9.97. The number of benzene rings is 3. The first-order chi connectivity index (χ1) is 16.6. The molecule has 0 aliphatic carbocycles. The van der Waals surface area contributed by atoms with Gasteiger partial charge in [-0.05, 0) is 62.4 Å². The molecule has 180 valence electrons. The summed E-state index contributed by atoms with van der Waals surface area (Å²) in [6.45, 7) is 2.89. The van der Waals surface area contributed by atoms with Gasteiger partial charge in [0.25, 0.3) is 0 Å². The van der Waals surface area contributed by atoms with E-state index in [0.717, 1.165) is 0 Å². The van der Waals surface area contributed by atoms with Crippen molar-refractivity contribution in [3.8, 4) is 5.75 Å². The van der Waals surface area contributed by atoms with Crippen LogP contribution in [0.3, 0.4) is 0 Å². The van der Waals surface area contributed by atoms with E-state index in [2.05, 4.69) is 0 Å². The average molecular weight is 476 g/mol. The van der Waals surface area contributed by atoms with Gasteiger partial charge in [0.05, 0.1) is 11.1 Å². The number of carbonyl (C=O) groups is 4. The summed E-state index contributed by atoms with van der Waals surface area (Å²) in [6, 6.07) is 17.8. The standard InChI is InChI=1S/C27H24O8/c1-27(2,33)24(29)18-10-12-22(13-11-18)34-14-15-35-26(32)19-8-6-17(7-9-19)23(28)20-4-3-5-21(16-20)25(30)31/h3-13,16,33H,14-15H2,1-2H3,(H,30,31). The first-order valence-corrected chi connectivity index (χ1v) is 10.7. The van der Waals surface area contributed by atoms with Crippen LogP contribution in [0.1, 0.15) is 60.8 Å². The van der Waals surface area contributed by atoms with Gasteiger partial charge in [-0.1, -0.05) is 24.3 Å². The smallest absolute Gasteiger partial charge is 0.338 e. The van der Waals surface area contributed by atoms with Crippen molar-refractivity contribution >= 4 is 23.5 Å². The van der Waals surface area contributed by atoms with Gasteiger partial charge >= 0.3 is 11.9 Å². The molecule has 3 aromatic carbocycles. The van der Waals surface area contributed by atoms with E-state index in [1.165, 1.54) is 62.4 Å². The van der Waals surface area contributed by atoms with E-state index in [0.29, 0.717) is 16.9 Å². The van der Waals surface area contributed by atoms with Gasteiger partial charge in [0, 0.05) is 16.7 Å². The van der Waals surface area contributed by atoms with E-state index in [4.69, 9.17) is 14.6 Å². The van der Waals surface area contributed by atoms with Gasteiger partial charge in [0.15, 0.2) is 11.6 Å². The molecule has 0 heterocycles. The maximum atomic E-state index is 12.6. The summed E-state index contributed by atoms with van der Waals surface area (Å²) < 4.78 is 10.7. The molecular weight excluding hydrogens is 452 g/mol. The van der Waals surface area contributed by atoms with Crippen molar-refractivity contribution in [2.45, 2.75) is 19.4 Å². The van der Waals surface area contributed by atoms with Gasteiger partial charge in [-0.15, -0.1) is 0 Å². The number of carbonyl (C=O) groups excluding carboxylic acids is 3. The van der Waals surface area contributed by atoms with Crippen LogP contribution in [0.4, 0.5) is 0 Å². The second-order valence-corrected chi connectivity index (χ2v) is 8.19. The van der Waals surface area contributed by atoms with E-state index in [-0.39, 0.29) is 35.7 Å². The van der Waals surface area contributed by atoms with Gasteiger partial charge in [0.2, 0.25) is 0 Å². The Hall–Kier alpha value is -4.30. The molecular formula is C27H24O8. The number of Topliss-reactive ketones (excluding diaryl/α,β-unsaturated/α-hetero) is 1. The van der Waals surface area contributed by atoms with Crippen LogP contribution in [0.2, 0.25) is 0 Å². The zero-order chi connectivity index (χ0) is 25.6. The van der Waals surface area contributed by atoms with E-state index >= 15 is 0 Å². The fourth-order valence-corrected chi connectivity index (χ4v) is 3.15. The largest absolute Gasteiger partial charge is 0.490 e. The van der Waals surface area contributed by atoms with Crippen LogP contribution in [0.25, 0.3) is 0 Å². The van der Waals surface area contributed by atoms with Gasteiger partial charge < -0.3 is 19.7 Å². The maximum Gasteiger partial charge on any atom is 0.338 e. The molecule has 0 bridgehead atoms. The Morgan fingerprint density at radius 1 is 0.743 bits per heavy atom. The number of carboxylic acids is 1. The predicted molar refractivity (Wildman–Crippen MR) is 126 cm³/mol. The molecule has 0 aromatic heterocycles. The maximum absolute atomic E-state index is 12.6. The highest BCUT2D eigenvalue weighted by Gasteiger charge is 2.25. The third-order valence-electron chi connectivity index (χ3n) is 5.01. The van der Waals surface area contributed by atoms with Crippen molar-refractivity contribution in [1.82, 2.24) is 0 Å². The number of ether oxygens (including phenoxy) is 2. The van der Waals surface area contributed by atoms with Crippen molar-refractivity contribution in [2.24, 2.45) is 0 Å². The SMILES string of the molecule is CC(C)(O)C(=O)c1ccc(OCCOC(=O)c2ccc(C(=O)c3cccc(C(=O)O)c3)cc2)cc1. The quantitative estimate of drug-likeness (QED) is 0.257. The lowest BCUT2D eigenvalue weighted by Crippen LogP contribution is -2.30. The number of hydrogen-bond donors (Lipinski definition) is 2. The van der Waals surface area contributed by atoms with Gasteiger partial charge in [-0.2, -0.15) is 0 Å². The highest BCUT2D eigenvalue weighted by Crippen LogP contribution is 2.17. The third kappa shape index (κ3) is 6.61. The summed E-state index contributed by atoms with van der Waals surface area (Å²) in [7, 11) is 0. The number of aliphatic hydroxyl groups is 1. The molecule has 2 N–H and O–H groups in total. The third-order valence-corrected chi connectivity index (χ3v) is 5.01. The molecule has 0 fully saturated rings. The molecule has 0 atom stereocenters. The Balaban J connectivity index is 1.50. The molecule has 0 aliphatic heterocycles.